The van der Waals surface area contributed by atoms with Crippen molar-refractivity contribution in [3.05, 3.63) is 76.6 Å². The normalized spacial score (nSPS) is 11.9. The van der Waals surface area contributed by atoms with Crippen molar-refractivity contribution >= 4 is 39.6 Å². The maximum atomic E-state index is 12.9. The molecule has 1 aromatic heterocycles. The SMILES string of the molecule is CCCN/C=C(/C(=O)Nc1snc(C)c1Cl)c1ccc(Oc2ccc(C(F)(F)F)cc2)cc1. The van der Waals surface area contributed by atoms with Crippen LogP contribution in [0.4, 0.5) is 18.2 Å². The van der Waals surface area contributed by atoms with Gasteiger partial charge in [-0.3, -0.25) is 4.79 Å². The van der Waals surface area contributed by atoms with Crippen molar-refractivity contribution in [3.8, 4) is 11.5 Å². The Hall–Kier alpha value is -3.04. The molecule has 3 rings (SSSR count). The number of amides is 1. The minimum atomic E-state index is -4.41. The fourth-order valence-electron chi connectivity index (χ4n) is 2.76. The molecule has 0 radical (unpaired) electrons. The fourth-order valence-corrected chi connectivity index (χ4v) is 3.68. The first kappa shape index (κ1) is 24.6. The molecule has 0 aliphatic rings. The highest BCUT2D eigenvalue weighted by molar-refractivity contribution is 7.11. The molecule has 0 unspecified atom stereocenters. The number of carbonyl (C=O) groups excluding carboxylic acids is 1. The van der Waals surface area contributed by atoms with Crippen molar-refractivity contribution in [1.82, 2.24) is 9.69 Å². The van der Waals surface area contributed by atoms with Gasteiger partial charge in [0.05, 0.1) is 21.9 Å². The van der Waals surface area contributed by atoms with Crippen LogP contribution in [-0.4, -0.2) is 16.8 Å². The number of nitrogens with zero attached hydrogens (tertiary/aromatic N) is 1. The number of benzene rings is 2. The molecular formula is C23H21ClF3N3O2S. The van der Waals surface area contributed by atoms with E-state index in [4.69, 9.17) is 16.3 Å². The molecule has 0 aliphatic heterocycles. The number of halogens is 4. The number of nitrogens with one attached hydrogen (secondary N) is 2. The highest BCUT2D eigenvalue weighted by Gasteiger charge is 2.30. The van der Waals surface area contributed by atoms with E-state index in [9.17, 15) is 18.0 Å². The Morgan fingerprint density at radius 3 is 2.24 bits per heavy atom. The van der Waals surface area contributed by atoms with Crippen LogP contribution in [0.3, 0.4) is 0 Å². The quantitative estimate of drug-likeness (QED) is 0.264. The molecule has 1 amide bonds. The highest BCUT2D eigenvalue weighted by Crippen LogP contribution is 2.32. The molecule has 0 aliphatic carbocycles. The first-order valence-electron chi connectivity index (χ1n) is 10.0. The van der Waals surface area contributed by atoms with Gasteiger partial charge < -0.3 is 15.4 Å². The number of anilines is 1. The van der Waals surface area contributed by atoms with Crippen LogP contribution in [0.25, 0.3) is 5.57 Å². The van der Waals surface area contributed by atoms with Crippen LogP contribution in [0.1, 0.15) is 30.2 Å². The van der Waals surface area contributed by atoms with Crippen molar-refractivity contribution in [1.29, 1.82) is 0 Å². The molecule has 2 aromatic carbocycles. The molecule has 1 heterocycles. The van der Waals surface area contributed by atoms with Crippen LogP contribution in [0.2, 0.25) is 5.02 Å². The van der Waals surface area contributed by atoms with Gasteiger partial charge in [0.15, 0.2) is 0 Å². The standard InChI is InChI=1S/C23H21ClF3N3O2S/c1-3-12-28-13-19(21(31)29-22-20(24)14(2)30-33-22)15-4-8-17(9-5-15)32-18-10-6-16(7-11-18)23(25,26)27/h4-11,13,28H,3,12H2,1-2H3,(H,29,31)/b19-13+. The molecule has 0 saturated heterocycles. The predicted octanol–water partition coefficient (Wildman–Crippen LogP) is 6.90. The number of rotatable bonds is 8. The van der Waals surface area contributed by atoms with Crippen molar-refractivity contribution in [3.63, 3.8) is 0 Å². The van der Waals surface area contributed by atoms with E-state index in [0.29, 0.717) is 39.1 Å². The molecule has 0 spiro atoms. The van der Waals surface area contributed by atoms with E-state index in [1.807, 2.05) is 6.92 Å². The summed E-state index contributed by atoms with van der Waals surface area (Å²) >= 11 is 7.28. The number of aromatic nitrogens is 1. The van der Waals surface area contributed by atoms with Crippen molar-refractivity contribution in [2.75, 3.05) is 11.9 Å². The van der Waals surface area contributed by atoms with Gasteiger partial charge in [-0.1, -0.05) is 30.7 Å². The van der Waals surface area contributed by atoms with Gasteiger partial charge in [0.1, 0.15) is 16.5 Å². The summed E-state index contributed by atoms with van der Waals surface area (Å²) in [5, 5.41) is 6.74. The zero-order valence-corrected chi connectivity index (χ0v) is 19.4. The summed E-state index contributed by atoms with van der Waals surface area (Å²) in [5.74, 6) is 0.325. The lowest BCUT2D eigenvalue weighted by Crippen LogP contribution is -2.16. The van der Waals surface area contributed by atoms with Crippen LogP contribution >= 0.6 is 23.1 Å². The molecule has 0 atom stereocenters. The summed E-state index contributed by atoms with van der Waals surface area (Å²) in [6.07, 6.45) is -1.89. The topological polar surface area (TPSA) is 63.2 Å². The number of alkyl halides is 3. The Morgan fingerprint density at radius 1 is 1.12 bits per heavy atom. The largest absolute Gasteiger partial charge is 0.457 e. The molecule has 2 N–H and O–H groups in total. The third kappa shape index (κ3) is 6.49. The lowest BCUT2D eigenvalue weighted by Gasteiger charge is -2.11. The van der Waals surface area contributed by atoms with Gasteiger partial charge in [-0.25, -0.2) is 0 Å². The maximum absolute atomic E-state index is 12.9. The average molecular weight is 496 g/mol. The zero-order valence-electron chi connectivity index (χ0n) is 17.8. The average Bonchev–Trinajstić information content (AvgIpc) is 3.09. The Morgan fingerprint density at radius 2 is 1.73 bits per heavy atom. The molecule has 10 heteroatoms. The molecule has 0 saturated carbocycles. The molecule has 3 aromatic rings. The second kappa shape index (κ2) is 10.7. The van der Waals surface area contributed by atoms with Gasteiger partial charge in [-0.2, -0.15) is 17.5 Å². The Labute approximate surface area is 198 Å². The van der Waals surface area contributed by atoms with E-state index in [0.717, 1.165) is 30.1 Å². The number of ether oxygens (including phenoxy) is 1. The lowest BCUT2D eigenvalue weighted by molar-refractivity contribution is -0.137. The molecule has 5 nitrogen and oxygen atoms in total. The summed E-state index contributed by atoms with van der Waals surface area (Å²) in [5.41, 5.74) is 0.887. The van der Waals surface area contributed by atoms with Gasteiger partial charge in [-0.15, -0.1) is 0 Å². The van der Waals surface area contributed by atoms with E-state index in [1.54, 1.807) is 37.4 Å². The first-order valence-corrected chi connectivity index (χ1v) is 11.2. The zero-order chi connectivity index (χ0) is 24.0. The minimum Gasteiger partial charge on any atom is -0.457 e. The van der Waals surface area contributed by atoms with Gasteiger partial charge in [0.25, 0.3) is 5.91 Å². The Kier molecular flexibility index (Phi) is 7.99. The maximum Gasteiger partial charge on any atom is 0.416 e. The highest BCUT2D eigenvalue weighted by atomic mass is 35.5. The molecule has 33 heavy (non-hydrogen) atoms. The van der Waals surface area contributed by atoms with Crippen molar-refractivity contribution < 1.29 is 22.7 Å². The summed E-state index contributed by atoms with van der Waals surface area (Å²) < 4.78 is 47.9. The Bertz CT molecular complexity index is 1130. The number of aryl methyl sites for hydroxylation is 1. The van der Waals surface area contributed by atoms with Crippen LogP contribution in [-0.2, 0) is 11.0 Å². The second-order valence-electron chi connectivity index (χ2n) is 7.03. The van der Waals surface area contributed by atoms with Crippen LogP contribution < -0.4 is 15.4 Å². The number of carbonyl (C=O) groups is 1. The van der Waals surface area contributed by atoms with Crippen LogP contribution in [0, 0.1) is 6.92 Å². The number of hydrogen-bond donors (Lipinski definition) is 2. The monoisotopic (exact) mass is 495 g/mol. The molecule has 0 bridgehead atoms. The van der Waals surface area contributed by atoms with Crippen molar-refractivity contribution in [2.45, 2.75) is 26.4 Å². The van der Waals surface area contributed by atoms with Gasteiger partial charge in [0.2, 0.25) is 0 Å². The second-order valence-corrected chi connectivity index (χ2v) is 8.18. The summed E-state index contributed by atoms with van der Waals surface area (Å²) in [6.45, 7) is 4.45. The third-order valence-corrected chi connectivity index (χ3v) is 5.91. The Balaban J connectivity index is 1.76. The van der Waals surface area contributed by atoms with Crippen molar-refractivity contribution in [2.24, 2.45) is 0 Å². The predicted molar refractivity (Wildman–Crippen MR) is 125 cm³/mol. The van der Waals surface area contributed by atoms with Crippen LogP contribution in [0.15, 0.2) is 54.7 Å². The molecule has 174 valence electrons. The van der Waals surface area contributed by atoms with E-state index in [1.165, 1.54) is 12.1 Å². The van der Waals surface area contributed by atoms with E-state index in [2.05, 4.69) is 15.0 Å². The number of hydrogen-bond acceptors (Lipinski definition) is 5. The third-order valence-electron chi connectivity index (χ3n) is 4.49. The van der Waals surface area contributed by atoms with Gasteiger partial charge >= 0.3 is 6.18 Å². The lowest BCUT2D eigenvalue weighted by atomic mass is 10.1. The fraction of sp³-hybridized carbons (Fsp3) is 0.217. The van der Waals surface area contributed by atoms with E-state index in [-0.39, 0.29) is 11.7 Å². The van der Waals surface area contributed by atoms with Crippen LogP contribution in [0.5, 0.6) is 11.5 Å². The van der Waals surface area contributed by atoms with Gasteiger partial charge in [-0.05, 0) is 66.8 Å². The minimum absolute atomic E-state index is 0.268. The smallest absolute Gasteiger partial charge is 0.416 e. The summed E-state index contributed by atoms with van der Waals surface area (Å²) in [6, 6.07) is 11.1. The summed E-state index contributed by atoms with van der Waals surface area (Å²) in [7, 11) is 0. The molecular weight excluding hydrogens is 475 g/mol. The van der Waals surface area contributed by atoms with E-state index < -0.39 is 11.7 Å². The van der Waals surface area contributed by atoms with Gasteiger partial charge in [0, 0.05) is 12.7 Å². The van der Waals surface area contributed by atoms with E-state index >= 15 is 0 Å². The first-order chi connectivity index (χ1) is 15.7. The molecule has 0 fully saturated rings. The summed E-state index contributed by atoms with van der Waals surface area (Å²) in [4.78, 5) is 12.9.